The molecule has 1 N–H and O–H groups in total. The van der Waals surface area contributed by atoms with Gasteiger partial charge in [-0.05, 0) is 44.6 Å². The first kappa shape index (κ1) is 14.8. The van der Waals surface area contributed by atoms with Crippen molar-refractivity contribution in [1.29, 1.82) is 0 Å². The lowest BCUT2D eigenvalue weighted by Gasteiger charge is -2.41. The summed E-state index contributed by atoms with van der Waals surface area (Å²) >= 11 is 5.72. The molecular weight excluding hydrogens is 265 g/mol. The first-order valence-electron chi connectivity index (χ1n) is 6.76. The fourth-order valence-corrected chi connectivity index (χ4v) is 3.17. The molecule has 0 amide bonds. The predicted octanol–water partition coefficient (Wildman–Crippen LogP) is 3.42. The van der Waals surface area contributed by atoms with Gasteiger partial charge in [-0.2, -0.15) is 0 Å². The zero-order valence-corrected chi connectivity index (χ0v) is 12.3. The average Bonchev–Trinajstić information content (AvgIpc) is 2.35. The van der Waals surface area contributed by atoms with Crippen molar-refractivity contribution in [2.45, 2.75) is 31.3 Å². The highest BCUT2D eigenvalue weighted by atomic mass is 35.5. The molecule has 1 aliphatic rings. The van der Waals surface area contributed by atoms with Crippen molar-refractivity contribution in [2.75, 3.05) is 20.6 Å². The Hall–Kier alpha value is -0.640. The van der Waals surface area contributed by atoms with Crippen molar-refractivity contribution in [3.63, 3.8) is 0 Å². The van der Waals surface area contributed by atoms with Gasteiger partial charge in [0.2, 0.25) is 0 Å². The lowest BCUT2D eigenvalue weighted by atomic mass is 9.71. The van der Waals surface area contributed by atoms with Crippen LogP contribution in [0.1, 0.15) is 31.2 Å². The maximum Gasteiger partial charge on any atom is 0.142 e. The molecule has 0 heterocycles. The Labute approximate surface area is 119 Å². The molecule has 0 saturated heterocycles. The molecule has 0 aliphatic heterocycles. The first-order valence-corrected chi connectivity index (χ1v) is 7.14. The minimum Gasteiger partial charge on any atom is -0.385 e. The maximum atomic E-state index is 13.6. The standard InChI is InChI=1S/C15H21ClFNO/c1-18(2)10-12-5-3-4-8-15(12,19)11-6-7-13(16)14(17)9-11/h6-7,9,12,19H,3-5,8,10H2,1-2H3/t12-,15+/m1/s1. The molecule has 1 aliphatic carbocycles. The minimum atomic E-state index is -0.937. The number of nitrogens with zero attached hydrogens (tertiary/aromatic N) is 1. The van der Waals surface area contributed by atoms with E-state index in [0.717, 1.165) is 25.8 Å². The van der Waals surface area contributed by atoms with Crippen molar-refractivity contribution in [2.24, 2.45) is 5.92 Å². The molecule has 106 valence electrons. The van der Waals surface area contributed by atoms with Crippen molar-refractivity contribution < 1.29 is 9.50 Å². The maximum absolute atomic E-state index is 13.6. The van der Waals surface area contributed by atoms with E-state index in [1.807, 2.05) is 14.1 Å². The van der Waals surface area contributed by atoms with Gasteiger partial charge < -0.3 is 10.0 Å². The topological polar surface area (TPSA) is 23.5 Å². The van der Waals surface area contributed by atoms with E-state index in [9.17, 15) is 9.50 Å². The number of aliphatic hydroxyl groups is 1. The molecule has 0 aromatic heterocycles. The van der Waals surface area contributed by atoms with Gasteiger partial charge in [0.05, 0.1) is 10.6 Å². The van der Waals surface area contributed by atoms with E-state index in [1.54, 1.807) is 6.07 Å². The van der Waals surface area contributed by atoms with Gasteiger partial charge in [-0.15, -0.1) is 0 Å². The fraction of sp³-hybridized carbons (Fsp3) is 0.600. The molecule has 1 fully saturated rings. The summed E-state index contributed by atoms with van der Waals surface area (Å²) in [5.74, 6) is -0.321. The van der Waals surface area contributed by atoms with Crippen LogP contribution >= 0.6 is 11.6 Å². The zero-order chi connectivity index (χ0) is 14.0. The number of benzene rings is 1. The van der Waals surface area contributed by atoms with Crippen LogP contribution in [0.5, 0.6) is 0 Å². The van der Waals surface area contributed by atoms with Crippen LogP contribution in [-0.4, -0.2) is 30.6 Å². The highest BCUT2D eigenvalue weighted by Gasteiger charge is 2.40. The van der Waals surface area contributed by atoms with Gasteiger partial charge in [0, 0.05) is 12.5 Å². The Morgan fingerprint density at radius 3 is 2.79 bits per heavy atom. The van der Waals surface area contributed by atoms with Crippen LogP contribution in [0, 0.1) is 11.7 Å². The Morgan fingerprint density at radius 1 is 1.42 bits per heavy atom. The first-order chi connectivity index (χ1) is 8.93. The number of hydrogen-bond donors (Lipinski definition) is 1. The molecular formula is C15H21ClFNO. The second-order valence-electron chi connectivity index (χ2n) is 5.76. The molecule has 0 bridgehead atoms. The van der Waals surface area contributed by atoms with Crippen molar-refractivity contribution in [1.82, 2.24) is 4.90 Å². The molecule has 2 atom stereocenters. The van der Waals surface area contributed by atoms with E-state index < -0.39 is 11.4 Å². The van der Waals surface area contributed by atoms with Crippen molar-refractivity contribution in [3.8, 4) is 0 Å². The summed E-state index contributed by atoms with van der Waals surface area (Å²) in [5.41, 5.74) is -0.283. The second-order valence-corrected chi connectivity index (χ2v) is 6.17. The van der Waals surface area contributed by atoms with Crippen LogP contribution in [-0.2, 0) is 5.60 Å². The van der Waals surface area contributed by atoms with Crippen molar-refractivity contribution >= 4 is 11.6 Å². The summed E-state index contributed by atoms with van der Waals surface area (Å²) in [6.45, 7) is 0.806. The summed E-state index contributed by atoms with van der Waals surface area (Å²) in [6, 6.07) is 4.67. The molecule has 19 heavy (non-hydrogen) atoms. The van der Waals surface area contributed by atoms with Gasteiger partial charge in [-0.3, -0.25) is 0 Å². The Bertz CT molecular complexity index is 452. The van der Waals surface area contributed by atoms with E-state index >= 15 is 0 Å². The van der Waals surface area contributed by atoms with Crippen molar-refractivity contribution in [3.05, 3.63) is 34.6 Å². The molecule has 1 saturated carbocycles. The molecule has 2 nitrogen and oxygen atoms in total. The monoisotopic (exact) mass is 285 g/mol. The molecule has 1 aromatic carbocycles. The van der Waals surface area contributed by atoms with Crippen LogP contribution in [0.25, 0.3) is 0 Å². The Kier molecular flexibility index (Phi) is 4.49. The van der Waals surface area contributed by atoms with Gasteiger partial charge in [-0.25, -0.2) is 4.39 Å². The summed E-state index contributed by atoms with van der Waals surface area (Å²) < 4.78 is 13.6. The fourth-order valence-electron chi connectivity index (χ4n) is 3.06. The molecule has 0 unspecified atom stereocenters. The van der Waals surface area contributed by atoms with E-state index in [1.165, 1.54) is 12.1 Å². The molecule has 4 heteroatoms. The summed E-state index contributed by atoms with van der Waals surface area (Å²) in [4.78, 5) is 2.08. The summed E-state index contributed by atoms with van der Waals surface area (Å²) in [5, 5.41) is 11.1. The molecule has 0 spiro atoms. The smallest absolute Gasteiger partial charge is 0.142 e. The second kappa shape index (κ2) is 5.78. The third-order valence-electron chi connectivity index (χ3n) is 4.04. The van der Waals surface area contributed by atoms with Crippen LogP contribution in [0.2, 0.25) is 5.02 Å². The lowest BCUT2D eigenvalue weighted by molar-refractivity contribution is -0.0620. The molecule has 2 rings (SSSR count). The average molecular weight is 286 g/mol. The zero-order valence-electron chi connectivity index (χ0n) is 11.5. The highest BCUT2D eigenvalue weighted by Crippen LogP contribution is 2.42. The molecule has 0 radical (unpaired) electrons. The van der Waals surface area contributed by atoms with E-state index in [-0.39, 0.29) is 10.9 Å². The van der Waals surface area contributed by atoms with Crippen LogP contribution in [0.15, 0.2) is 18.2 Å². The van der Waals surface area contributed by atoms with Gasteiger partial charge in [-0.1, -0.05) is 30.5 Å². The largest absolute Gasteiger partial charge is 0.385 e. The summed E-state index contributed by atoms with van der Waals surface area (Å²) in [6.07, 6.45) is 3.76. The number of hydrogen-bond acceptors (Lipinski definition) is 2. The quantitative estimate of drug-likeness (QED) is 0.920. The summed E-state index contributed by atoms with van der Waals surface area (Å²) in [7, 11) is 3.99. The van der Waals surface area contributed by atoms with E-state index in [0.29, 0.717) is 12.0 Å². The number of halogens is 2. The van der Waals surface area contributed by atoms with Crippen LogP contribution in [0.3, 0.4) is 0 Å². The van der Waals surface area contributed by atoms with Gasteiger partial charge >= 0.3 is 0 Å². The Morgan fingerprint density at radius 2 is 2.16 bits per heavy atom. The van der Waals surface area contributed by atoms with Crippen LogP contribution < -0.4 is 0 Å². The van der Waals surface area contributed by atoms with E-state index in [2.05, 4.69) is 4.90 Å². The predicted molar refractivity (Wildman–Crippen MR) is 75.8 cm³/mol. The Balaban J connectivity index is 2.33. The van der Waals surface area contributed by atoms with Gasteiger partial charge in [0.15, 0.2) is 0 Å². The van der Waals surface area contributed by atoms with Gasteiger partial charge in [0.1, 0.15) is 5.82 Å². The third kappa shape index (κ3) is 3.10. The highest BCUT2D eigenvalue weighted by molar-refractivity contribution is 6.30. The molecule has 1 aromatic rings. The van der Waals surface area contributed by atoms with E-state index in [4.69, 9.17) is 11.6 Å². The SMILES string of the molecule is CN(C)C[C@H]1CCCC[C@]1(O)c1ccc(Cl)c(F)c1. The lowest BCUT2D eigenvalue weighted by Crippen LogP contribution is -2.43. The number of rotatable bonds is 3. The minimum absolute atomic E-state index is 0.104. The van der Waals surface area contributed by atoms with Gasteiger partial charge in [0.25, 0.3) is 0 Å². The van der Waals surface area contributed by atoms with Crippen LogP contribution in [0.4, 0.5) is 4.39 Å². The third-order valence-corrected chi connectivity index (χ3v) is 4.35. The normalized spacial score (nSPS) is 27.8.